The second-order valence-electron chi connectivity index (χ2n) is 6.88. The molecule has 0 saturated carbocycles. The Bertz CT molecular complexity index is 361. The molecule has 0 aromatic carbocycles. The lowest BCUT2D eigenvalue weighted by molar-refractivity contribution is -0.121. The van der Waals surface area contributed by atoms with Crippen LogP contribution in [-0.4, -0.2) is 5.78 Å². The highest BCUT2D eigenvalue weighted by Gasteiger charge is 2.27. The van der Waals surface area contributed by atoms with Gasteiger partial charge < -0.3 is 0 Å². The number of hydrogen-bond donors (Lipinski definition) is 0. The van der Waals surface area contributed by atoms with Crippen molar-refractivity contribution < 1.29 is 4.79 Å². The quantitative estimate of drug-likeness (QED) is 0.634. The molecule has 0 aliphatic heterocycles. The number of allylic oxidation sites excluding steroid dienone is 4. The predicted molar refractivity (Wildman–Crippen MR) is 73.9 cm³/mol. The van der Waals surface area contributed by atoms with Crippen molar-refractivity contribution in [3.05, 3.63) is 23.3 Å². The number of carbonyl (C=O) groups excluding carboxylic acids is 1. The smallest absolute Gasteiger partial charge is 0.160 e. The number of ketones is 1. The largest absolute Gasteiger partial charge is 0.294 e. The van der Waals surface area contributed by atoms with Crippen molar-refractivity contribution in [3.63, 3.8) is 0 Å². The van der Waals surface area contributed by atoms with E-state index in [1.807, 2.05) is 20.8 Å². The summed E-state index contributed by atoms with van der Waals surface area (Å²) in [6.07, 6.45) is 7.48. The molecular weight excluding hydrogens is 208 g/mol. The van der Waals surface area contributed by atoms with Crippen molar-refractivity contribution in [1.29, 1.82) is 0 Å². The fraction of sp³-hybridized carbons (Fsp3) is 0.688. The average molecular weight is 234 g/mol. The molecule has 0 unspecified atom stereocenters. The minimum atomic E-state index is -0.274. The van der Waals surface area contributed by atoms with Gasteiger partial charge in [0.15, 0.2) is 5.78 Å². The molecule has 96 valence electrons. The van der Waals surface area contributed by atoms with Crippen molar-refractivity contribution in [2.24, 2.45) is 10.8 Å². The zero-order valence-electron chi connectivity index (χ0n) is 12.2. The standard InChI is InChI=1S/C16H26O/c1-12-8-7-11-16(5,6)13(12)9-10-14(17)15(2,3)4/h9-10H,7-8,11H2,1-6H3/b10-9+. The molecule has 0 bridgehead atoms. The second-order valence-corrected chi connectivity index (χ2v) is 6.88. The van der Waals surface area contributed by atoms with Gasteiger partial charge in [-0.2, -0.15) is 0 Å². The second kappa shape index (κ2) is 4.80. The van der Waals surface area contributed by atoms with Crippen LogP contribution in [0.1, 0.15) is 60.8 Å². The van der Waals surface area contributed by atoms with E-state index in [9.17, 15) is 4.79 Å². The first-order chi connectivity index (χ1) is 7.64. The maximum Gasteiger partial charge on any atom is 0.160 e. The number of carbonyl (C=O) groups is 1. The summed E-state index contributed by atoms with van der Waals surface area (Å²) in [5.41, 5.74) is 2.75. The van der Waals surface area contributed by atoms with Gasteiger partial charge in [0.05, 0.1) is 0 Å². The van der Waals surface area contributed by atoms with Gasteiger partial charge in [-0.05, 0) is 43.3 Å². The normalized spacial score (nSPS) is 21.1. The first-order valence-electron chi connectivity index (χ1n) is 6.57. The van der Waals surface area contributed by atoms with Crippen LogP contribution in [0.5, 0.6) is 0 Å². The Labute approximate surface area is 106 Å². The van der Waals surface area contributed by atoms with Gasteiger partial charge in [-0.15, -0.1) is 0 Å². The Balaban J connectivity index is 2.94. The molecule has 0 radical (unpaired) electrons. The summed E-state index contributed by atoms with van der Waals surface area (Å²) >= 11 is 0. The summed E-state index contributed by atoms with van der Waals surface area (Å²) in [7, 11) is 0. The van der Waals surface area contributed by atoms with Gasteiger partial charge in [0.2, 0.25) is 0 Å². The molecule has 1 nitrogen and oxygen atoms in total. The van der Waals surface area contributed by atoms with E-state index in [1.54, 1.807) is 6.08 Å². The molecule has 0 amide bonds. The minimum Gasteiger partial charge on any atom is -0.294 e. The Kier molecular flexibility index (Phi) is 4.01. The molecule has 1 heteroatoms. The van der Waals surface area contributed by atoms with Crippen molar-refractivity contribution in [2.45, 2.75) is 60.8 Å². The SMILES string of the molecule is CC1=C(/C=C/C(=O)C(C)(C)C)C(C)(C)CCC1. The van der Waals surface area contributed by atoms with Gasteiger partial charge in [0, 0.05) is 5.41 Å². The third-order valence-electron chi connectivity index (χ3n) is 3.68. The van der Waals surface area contributed by atoms with E-state index >= 15 is 0 Å². The van der Waals surface area contributed by atoms with Crippen molar-refractivity contribution >= 4 is 5.78 Å². The monoisotopic (exact) mass is 234 g/mol. The van der Waals surface area contributed by atoms with E-state index in [-0.39, 0.29) is 16.6 Å². The first-order valence-corrected chi connectivity index (χ1v) is 6.57. The molecule has 0 atom stereocenters. The first kappa shape index (κ1) is 14.2. The summed E-state index contributed by atoms with van der Waals surface area (Å²) in [6, 6.07) is 0. The lowest BCUT2D eigenvalue weighted by Crippen LogP contribution is -2.21. The van der Waals surface area contributed by atoms with Crippen LogP contribution in [0.4, 0.5) is 0 Å². The minimum absolute atomic E-state index is 0.208. The third kappa shape index (κ3) is 3.55. The van der Waals surface area contributed by atoms with E-state index in [0.29, 0.717) is 0 Å². The molecule has 1 rings (SSSR count). The highest BCUT2D eigenvalue weighted by atomic mass is 16.1. The molecule has 1 aliphatic carbocycles. The highest BCUT2D eigenvalue weighted by molar-refractivity contribution is 5.94. The molecule has 1 aliphatic rings. The van der Waals surface area contributed by atoms with Crippen molar-refractivity contribution in [1.82, 2.24) is 0 Å². The Morgan fingerprint density at radius 1 is 1.29 bits per heavy atom. The van der Waals surface area contributed by atoms with E-state index in [4.69, 9.17) is 0 Å². The van der Waals surface area contributed by atoms with Crippen LogP contribution < -0.4 is 0 Å². The van der Waals surface area contributed by atoms with Gasteiger partial charge in [0.25, 0.3) is 0 Å². The van der Waals surface area contributed by atoms with Gasteiger partial charge >= 0.3 is 0 Å². The van der Waals surface area contributed by atoms with E-state index in [2.05, 4.69) is 26.8 Å². The van der Waals surface area contributed by atoms with Crippen LogP contribution in [0.25, 0.3) is 0 Å². The number of rotatable bonds is 2. The van der Waals surface area contributed by atoms with Gasteiger partial charge in [-0.3, -0.25) is 4.79 Å². The molecule has 0 aromatic rings. The Morgan fingerprint density at radius 2 is 1.88 bits per heavy atom. The van der Waals surface area contributed by atoms with Crippen LogP contribution in [0.3, 0.4) is 0 Å². The lowest BCUT2D eigenvalue weighted by atomic mass is 9.72. The van der Waals surface area contributed by atoms with Gasteiger partial charge in [-0.1, -0.05) is 46.3 Å². The van der Waals surface area contributed by atoms with Crippen LogP contribution in [0.2, 0.25) is 0 Å². The zero-order chi connectivity index (χ0) is 13.3. The van der Waals surface area contributed by atoms with Crippen LogP contribution in [-0.2, 0) is 4.79 Å². The van der Waals surface area contributed by atoms with E-state index in [1.165, 1.54) is 30.4 Å². The third-order valence-corrected chi connectivity index (χ3v) is 3.68. The summed E-state index contributed by atoms with van der Waals surface area (Å²) in [4.78, 5) is 11.9. The molecule has 0 fully saturated rings. The topological polar surface area (TPSA) is 17.1 Å². The Hall–Kier alpha value is -0.850. The van der Waals surface area contributed by atoms with Crippen LogP contribution in [0, 0.1) is 10.8 Å². The fourth-order valence-corrected chi connectivity index (χ4v) is 2.42. The van der Waals surface area contributed by atoms with Crippen LogP contribution >= 0.6 is 0 Å². The summed E-state index contributed by atoms with van der Waals surface area (Å²) < 4.78 is 0. The van der Waals surface area contributed by atoms with E-state index in [0.717, 1.165) is 0 Å². The van der Waals surface area contributed by atoms with Crippen LogP contribution in [0.15, 0.2) is 23.3 Å². The highest BCUT2D eigenvalue weighted by Crippen LogP contribution is 2.40. The van der Waals surface area contributed by atoms with E-state index < -0.39 is 0 Å². The Morgan fingerprint density at radius 3 is 2.35 bits per heavy atom. The number of hydrogen-bond acceptors (Lipinski definition) is 1. The molecule has 17 heavy (non-hydrogen) atoms. The fourth-order valence-electron chi connectivity index (χ4n) is 2.42. The van der Waals surface area contributed by atoms with Crippen molar-refractivity contribution in [3.8, 4) is 0 Å². The molecular formula is C16H26O. The maximum atomic E-state index is 11.9. The molecule has 0 saturated heterocycles. The maximum absolute atomic E-state index is 11.9. The molecule has 0 spiro atoms. The summed E-state index contributed by atoms with van der Waals surface area (Å²) in [5.74, 6) is 0.208. The molecule has 0 heterocycles. The summed E-state index contributed by atoms with van der Waals surface area (Å²) in [5, 5.41) is 0. The molecule has 0 aromatic heterocycles. The zero-order valence-corrected chi connectivity index (χ0v) is 12.2. The summed E-state index contributed by atoms with van der Waals surface area (Å²) in [6.45, 7) is 12.6. The lowest BCUT2D eigenvalue weighted by Gasteiger charge is -2.33. The predicted octanol–water partition coefficient (Wildman–Crippen LogP) is 4.68. The van der Waals surface area contributed by atoms with Gasteiger partial charge in [-0.25, -0.2) is 0 Å². The van der Waals surface area contributed by atoms with Crippen molar-refractivity contribution in [2.75, 3.05) is 0 Å². The average Bonchev–Trinajstić information content (AvgIpc) is 2.14. The van der Waals surface area contributed by atoms with Gasteiger partial charge in [0.1, 0.15) is 0 Å². The molecule has 0 N–H and O–H groups in total.